The van der Waals surface area contributed by atoms with E-state index in [4.69, 9.17) is 4.74 Å². The zero-order valence-electron chi connectivity index (χ0n) is 16.9. The van der Waals surface area contributed by atoms with Crippen LogP contribution in [-0.4, -0.2) is 50.9 Å². The van der Waals surface area contributed by atoms with Gasteiger partial charge in [0, 0.05) is 18.7 Å². The number of amides is 1. The van der Waals surface area contributed by atoms with Gasteiger partial charge in [-0.3, -0.25) is 0 Å². The van der Waals surface area contributed by atoms with E-state index in [1.54, 1.807) is 30.0 Å². The van der Waals surface area contributed by atoms with E-state index in [9.17, 15) is 9.18 Å². The molecule has 8 heteroatoms. The van der Waals surface area contributed by atoms with Gasteiger partial charge in [0.15, 0.2) is 5.82 Å². The predicted octanol–water partition coefficient (Wildman–Crippen LogP) is 3.40. The number of tetrazole rings is 1. The van der Waals surface area contributed by atoms with Gasteiger partial charge >= 0.3 is 6.09 Å². The molecule has 156 valence electrons. The molecule has 0 spiro atoms. The number of hydrogen-bond acceptors (Lipinski definition) is 5. The zero-order valence-corrected chi connectivity index (χ0v) is 16.9. The summed E-state index contributed by atoms with van der Waals surface area (Å²) in [4.78, 5) is 15.3. The topological polar surface area (TPSA) is 73.1 Å². The van der Waals surface area contributed by atoms with E-state index >= 15 is 0 Å². The van der Waals surface area contributed by atoms with E-state index in [2.05, 4.69) is 27.5 Å². The second kappa shape index (κ2) is 8.61. The van der Waals surface area contributed by atoms with Crippen molar-refractivity contribution in [2.75, 3.05) is 19.7 Å². The molecule has 30 heavy (non-hydrogen) atoms. The van der Waals surface area contributed by atoms with Crippen molar-refractivity contribution in [1.82, 2.24) is 25.1 Å². The highest BCUT2D eigenvalue weighted by atomic mass is 19.1. The molecule has 2 aromatic carbocycles. The Morgan fingerprint density at radius 2 is 1.80 bits per heavy atom. The smallest absolute Gasteiger partial charge is 0.409 e. The van der Waals surface area contributed by atoms with Crippen LogP contribution in [0.3, 0.4) is 0 Å². The Kier molecular flexibility index (Phi) is 5.74. The number of ether oxygens (including phenoxy) is 1. The van der Waals surface area contributed by atoms with Gasteiger partial charge in [-0.1, -0.05) is 48.5 Å². The SMILES string of the molecule is CCOC(=O)N1CCC(c2ccccc2)(c2nnn(Cc3ccccc3F)n2)CC1. The molecule has 7 nitrogen and oxygen atoms in total. The molecule has 0 radical (unpaired) electrons. The van der Waals surface area contributed by atoms with Crippen LogP contribution in [0, 0.1) is 5.82 Å². The van der Waals surface area contributed by atoms with Gasteiger partial charge in [-0.25, -0.2) is 9.18 Å². The summed E-state index contributed by atoms with van der Waals surface area (Å²) in [6.45, 7) is 3.43. The van der Waals surface area contributed by atoms with Gasteiger partial charge in [0.05, 0.1) is 18.6 Å². The quantitative estimate of drug-likeness (QED) is 0.646. The molecule has 2 heterocycles. The van der Waals surface area contributed by atoms with Gasteiger partial charge in [-0.2, -0.15) is 4.80 Å². The molecule has 0 atom stereocenters. The Balaban J connectivity index is 1.61. The van der Waals surface area contributed by atoms with Crippen molar-refractivity contribution in [3.8, 4) is 0 Å². The monoisotopic (exact) mass is 409 g/mol. The van der Waals surface area contributed by atoms with Gasteiger partial charge in [-0.15, -0.1) is 10.2 Å². The van der Waals surface area contributed by atoms with Crippen molar-refractivity contribution in [3.63, 3.8) is 0 Å². The van der Waals surface area contributed by atoms with Crippen molar-refractivity contribution in [3.05, 3.63) is 77.4 Å². The van der Waals surface area contributed by atoms with E-state index in [1.165, 1.54) is 10.9 Å². The van der Waals surface area contributed by atoms with Crippen molar-refractivity contribution >= 4 is 6.09 Å². The van der Waals surface area contributed by atoms with Crippen LogP contribution in [0.15, 0.2) is 54.6 Å². The van der Waals surface area contributed by atoms with Crippen LogP contribution in [0.5, 0.6) is 0 Å². The molecule has 1 aliphatic rings. The summed E-state index contributed by atoms with van der Waals surface area (Å²) < 4.78 is 19.2. The number of likely N-dealkylation sites (tertiary alicyclic amines) is 1. The summed E-state index contributed by atoms with van der Waals surface area (Å²) in [7, 11) is 0. The van der Waals surface area contributed by atoms with Crippen LogP contribution in [0.2, 0.25) is 0 Å². The van der Waals surface area contributed by atoms with Crippen molar-refractivity contribution in [2.45, 2.75) is 31.7 Å². The molecule has 0 bridgehead atoms. The molecule has 1 amide bonds. The molecule has 1 saturated heterocycles. The number of carbonyl (C=O) groups excluding carboxylic acids is 1. The number of carbonyl (C=O) groups is 1. The van der Waals surface area contributed by atoms with Crippen LogP contribution < -0.4 is 0 Å². The first-order valence-corrected chi connectivity index (χ1v) is 10.1. The maximum absolute atomic E-state index is 14.0. The maximum Gasteiger partial charge on any atom is 0.409 e. The molecule has 1 aromatic heterocycles. The summed E-state index contributed by atoms with van der Waals surface area (Å²) in [6, 6.07) is 16.6. The van der Waals surface area contributed by atoms with Gasteiger partial charge in [-0.05, 0) is 36.6 Å². The minimum atomic E-state index is -0.461. The lowest BCUT2D eigenvalue weighted by Crippen LogP contribution is -2.46. The molecular weight excluding hydrogens is 385 g/mol. The molecule has 1 fully saturated rings. The predicted molar refractivity (Wildman–Crippen MR) is 108 cm³/mol. The lowest BCUT2D eigenvalue weighted by molar-refractivity contribution is 0.0897. The molecular formula is C22H24FN5O2. The average Bonchev–Trinajstić information content (AvgIpc) is 3.25. The minimum absolute atomic E-state index is 0.208. The molecule has 3 aromatic rings. The highest BCUT2D eigenvalue weighted by Crippen LogP contribution is 2.39. The van der Waals surface area contributed by atoms with E-state index < -0.39 is 5.41 Å². The standard InChI is InChI=1S/C22H24FN5O2/c1-2-30-21(29)27-14-12-22(13-15-27,18-9-4-3-5-10-18)20-24-26-28(25-20)16-17-8-6-7-11-19(17)23/h3-11H,2,12-16H2,1H3. The molecule has 0 aliphatic carbocycles. The highest BCUT2D eigenvalue weighted by Gasteiger charge is 2.42. The Hall–Kier alpha value is -3.29. The second-order valence-corrected chi connectivity index (χ2v) is 7.37. The fraction of sp³-hybridized carbons (Fsp3) is 0.364. The van der Waals surface area contributed by atoms with E-state index in [-0.39, 0.29) is 18.5 Å². The normalized spacial score (nSPS) is 15.7. The van der Waals surface area contributed by atoms with Crippen LogP contribution in [-0.2, 0) is 16.7 Å². The van der Waals surface area contributed by atoms with Crippen LogP contribution in [0.1, 0.15) is 36.7 Å². The number of nitrogens with zero attached hydrogens (tertiary/aromatic N) is 5. The first-order chi connectivity index (χ1) is 14.6. The largest absolute Gasteiger partial charge is 0.450 e. The number of rotatable bonds is 5. The zero-order chi connectivity index (χ0) is 21.0. The molecule has 4 rings (SSSR count). The Morgan fingerprint density at radius 1 is 1.10 bits per heavy atom. The molecule has 0 unspecified atom stereocenters. The second-order valence-electron chi connectivity index (χ2n) is 7.37. The Labute approximate surface area is 174 Å². The first-order valence-electron chi connectivity index (χ1n) is 10.1. The van der Waals surface area contributed by atoms with Crippen LogP contribution in [0.25, 0.3) is 0 Å². The number of halogens is 1. The minimum Gasteiger partial charge on any atom is -0.450 e. The first kappa shape index (κ1) is 20.0. The van der Waals surface area contributed by atoms with Crippen molar-refractivity contribution in [1.29, 1.82) is 0 Å². The van der Waals surface area contributed by atoms with E-state index in [0.717, 1.165) is 5.56 Å². The maximum atomic E-state index is 14.0. The van der Waals surface area contributed by atoms with E-state index in [1.807, 2.05) is 18.2 Å². The van der Waals surface area contributed by atoms with Gasteiger partial charge in [0.1, 0.15) is 5.82 Å². The fourth-order valence-corrected chi connectivity index (χ4v) is 3.97. The van der Waals surface area contributed by atoms with Crippen molar-refractivity contribution < 1.29 is 13.9 Å². The van der Waals surface area contributed by atoms with Crippen molar-refractivity contribution in [2.24, 2.45) is 0 Å². The Bertz CT molecular complexity index is 1000. The summed E-state index contributed by atoms with van der Waals surface area (Å²) in [6.07, 6.45) is 1.01. The summed E-state index contributed by atoms with van der Waals surface area (Å²) in [5.41, 5.74) is 1.13. The average molecular weight is 409 g/mol. The molecule has 0 saturated carbocycles. The highest BCUT2D eigenvalue weighted by molar-refractivity contribution is 5.67. The van der Waals surface area contributed by atoms with Gasteiger partial charge in [0.2, 0.25) is 0 Å². The lowest BCUT2D eigenvalue weighted by atomic mass is 9.72. The summed E-state index contributed by atoms with van der Waals surface area (Å²) >= 11 is 0. The molecule has 1 aliphatic heterocycles. The number of benzene rings is 2. The number of hydrogen-bond donors (Lipinski definition) is 0. The fourth-order valence-electron chi connectivity index (χ4n) is 3.97. The molecule has 0 N–H and O–H groups in total. The van der Waals surface area contributed by atoms with Crippen LogP contribution >= 0.6 is 0 Å². The van der Waals surface area contributed by atoms with Gasteiger partial charge in [0.25, 0.3) is 0 Å². The third-order valence-electron chi connectivity index (χ3n) is 5.62. The van der Waals surface area contributed by atoms with E-state index in [0.29, 0.717) is 43.9 Å². The Morgan fingerprint density at radius 3 is 2.50 bits per heavy atom. The third kappa shape index (κ3) is 3.90. The number of piperidine rings is 1. The summed E-state index contributed by atoms with van der Waals surface area (Å²) in [5, 5.41) is 13.1. The van der Waals surface area contributed by atoms with Gasteiger partial charge < -0.3 is 9.64 Å². The van der Waals surface area contributed by atoms with Crippen LogP contribution in [0.4, 0.5) is 9.18 Å². The third-order valence-corrected chi connectivity index (χ3v) is 5.62. The lowest BCUT2D eigenvalue weighted by Gasteiger charge is -2.39. The summed E-state index contributed by atoms with van der Waals surface area (Å²) in [5.74, 6) is 0.297. The number of aromatic nitrogens is 4.